The molecule has 0 bridgehead atoms. The van der Waals surface area contributed by atoms with E-state index in [1.807, 2.05) is 13.8 Å². The van der Waals surface area contributed by atoms with E-state index in [4.69, 9.17) is 0 Å². The molecule has 2 heteroatoms. The predicted molar refractivity (Wildman–Crippen MR) is 273 cm³/mol. The molecule has 4 aliphatic carbocycles. The van der Waals surface area contributed by atoms with Crippen LogP contribution in [-0.4, -0.2) is 6.04 Å². The van der Waals surface area contributed by atoms with Crippen LogP contribution in [0.5, 0.6) is 0 Å². The predicted octanol–water partition coefficient (Wildman–Crippen LogP) is 17.8. The first-order chi connectivity index (χ1) is 30.1. The number of hydrogen-bond acceptors (Lipinski definition) is 2. The lowest BCUT2D eigenvalue weighted by atomic mass is 9.65. The summed E-state index contributed by atoms with van der Waals surface area (Å²) in [5, 5.41) is 0. The Morgan fingerprint density at radius 2 is 1.26 bits per heavy atom. The summed E-state index contributed by atoms with van der Waals surface area (Å²) < 4.78 is 0. The van der Waals surface area contributed by atoms with Crippen LogP contribution in [0.25, 0.3) is 0 Å². The van der Waals surface area contributed by atoms with Crippen LogP contribution in [0, 0.1) is 31.6 Å². The monoisotopic (exact) mass is 831 g/mol. The van der Waals surface area contributed by atoms with Gasteiger partial charge >= 0.3 is 0 Å². The fourth-order valence-electron chi connectivity index (χ4n) is 11.5. The number of nitrogens with zero attached hydrogens (tertiary/aromatic N) is 2. The number of aryl methyl sites for hydroxylation is 5. The second-order valence-electron chi connectivity index (χ2n) is 18.9. The van der Waals surface area contributed by atoms with Gasteiger partial charge in [-0.15, -0.1) is 0 Å². The van der Waals surface area contributed by atoms with Gasteiger partial charge in [0.1, 0.15) is 0 Å². The van der Waals surface area contributed by atoms with E-state index in [1.165, 1.54) is 113 Å². The fraction of sp³-hybridized carbons (Fsp3) is 0.500. The largest absolute Gasteiger partial charge is 0.334 e. The number of rotatable bonds is 12. The summed E-state index contributed by atoms with van der Waals surface area (Å²) in [5.41, 5.74) is 20.1. The van der Waals surface area contributed by atoms with Gasteiger partial charge in [-0.3, -0.25) is 0 Å². The molecule has 0 aromatic heterocycles. The third-order valence-electron chi connectivity index (χ3n) is 14.4. The molecule has 2 nitrogen and oxygen atoms in total. The Kier molecular flexibility index (Phi) is 16.6. The molecule has 0 amide bonds. The van der Waals surface area contributed by atoms with Gasteiger partial charge in [0.15, 0.2) is 0 Å². The van der Waals surface area contributed by atoms with Crippen LogP contribution in [0.3, 0.4) is 0 Å². The minimum Gasteiger partial charge on any atom is -0.334 e. The number of anilines is 4. The van der Waals surface area contributed by atoms with Crippen molar-refractivity contribution in [1.29, 1.82) is 0 Å². The van der Waals surface area contributed by atoms with Gasteiger partial charge in [0.25, 0.3) is 0 Å². The molecule has 0 spiro atoms. The molecule has 62 heavy (non-hydrogen) atoms. The summed E-state index contributed by atoms with van der Waals surface area (Å²) in [6.45, 7) is 27.0. The summed E-state index contributed by atoms with van der Waals surface area (Å²) in [4.78, 5) is 5.32. The summed E-state index contributed by atoms with van der Waals surface area (Å²) >= 11 is 0. The molecule has 0 N–H and O–H groups in total. The third-order valence-corrected chi connectivity index (χ3v) is 14.4. The Hall–Kier alpha value is -4.30. The van der Waals surface area contributed by atoms with Crippen LogP contribution in [0.4, 0.5) is 22.7 Å². The molecule has 0 saturated heterocycles. The normalized spacial score (nSPS) is 22.3. The number of fused-ring (bicyclic) bond motifs is 6. The van der Waals surface area contributed by atoms with Crippen molar-refractivity contribution < 1.29 is 0 Å². The van der Waals surface area contributed by atoms with E-state index >= 15 is 0 Å². The highest BCUT2D eigenvalue weighted by atomic mass is 15.2. The Balaban J connectivity index is 0.00000123. The van der Waals surface area contributed by atoms with Crippen LogP contribution in [0.2, 0.25) is 0 Å². The first-order valence-corrected chi connectivity index (χ1v) is 25.2. The molecule has 8 rings (SSSR count). The van der Waals surface area contributed by atoms with E-state index < -0.39 is 0 Å². The maximum absolute atomic E-state index is 2.72. The molecule has 1 fully saturated rings. The minimum atomic E-state index is 0.363. The standard InChI is InChI=1S/C55H68N2.C3H8.C2H6/c1-9-13-15-43-32-38(7)55(39(8)33-43)57(45-24-20-41(11-3)21-25-45)47-27-29-51-50-28-26-46(34-52(50)48-16-14-17-49(48)53(51)35-47)56(44-22-18-40(10-2)19-23-44)54-36(5)30-42(12-4)31-37(54)6;1-3-2;1-2/h18-28,30,32-35,37,42,48-49,51,54H,9-17,29,31H2,1-8H3;3H2,1-2H3;1-2H3. The number of benzene rings is 4. The lowest BCUT2D eigenvalue weighted by molar-refractivity contribution is 0.367. The lowest BCUT2D eigenvalue weighted by Crippen LogP contribution is -2.41. The second-order valence-corrected chi connectivity index (χ2v) is 18.9. The van der Waals surface area contributed by atoms with Gasteiger partial charge in [0, 0.05) is 28.7 Å². The molecule has 6 unspecified atom stereocenters. The zero-order valence-corrected chi connectivity index (χ0v) is 41.1. The van der Waals surface area contributed by atoms with Crippen LogP contribution >= 0.6 is 0 Å². The highest BCUT2D eigenvalue weighted by Crippen LogP contribution is 2.57. The zero-order chi connectivity index (χ0) is 44.5. The second kappa shape index (κ2) is 21.9. The average molecular weight is 831 g/mol. The summed E-state index contributed by atoms with van der Waals surface area (Å²) in [6, 6.07) is 31.8. The molecule has 4 aliphatic rings. The molecular formula is C60H82N2. The molecule has 4 aromatic carbocycles. The molecular weight excluding hydrogens is 749 g/mol. The summed E-state index contributed by atoms with van der Waals surface area (Å²) in [7, 11) is 0. The first-order valence-electron chi connectivity index (χ1n) is 25.2. The number of hydrogen-bond donors (Lipinski definition) is 0. The van der Waals surface area contributed by atoms with E-state index in [-0.39, 0.29) is 0 Å². The van der Waals surface area contributed by atoms with E-state index in [1.54, 1.807) is 16.7 Å². The summed E-state index contributed by atoms with van der Waals surface area (Å²) in [5.74, 6) is 2.88. The van der Waals surface area contributed by atoms with Gasteiger partial charge in [-0.05, 0) is 184 Å². The molecule has 1 saturated carbocycles. The summed E-state index contributed by atoms with van der Waals surface area (Å²) in [6.07, 6.45) is 22.2. The Labute approximate surface area is 379 Å². The van der Waals surface area contributed by atoms with Crippen molar-refractivity contribution in [3.8, 4) is 0 Å². The van der Waals surface area contributed by atoms with Crippen molar-refractivity contribution in [3.63, 3.8) is 0 Å². The van der Waals surface area contributed by atoms with Gasteiger partial charge in [0.2, 0.25) is 0 Å². The van der Waals surface area contributed by atoms with Crippen molar-refractivity contribution in [2.24, 2.45) is 17.8 Å². The average Bonchev–Trinajstić information content (AvgIpc) is 3.80. The maximum Gasteiger partial charge on any atom is 0.0574 e. The van der Waals surface area contributed by atoms with E-state index in [9.17, 15) is 0 Å². The van der Waals surface area contributed by atoms with Gasteiger partial charge in [-0.1, -0.05) is 147 Å². The van der Waals surface area contributed by atoms with Crippen LogP contribution in [0.15, 0.2) is 114 Å². The SMILES string of the molecule is CC.CCC.CCCCc1cc(C)c(N(C2=CCC3C(=C2)C2CCCC2c2cc(N(c4ccc(CC)cc4)C4C(C)=CC(CC)CC4C)ccc23)c2ccc(CC)cc2)c(C)c1. The molecule has 0 heterocycles. The number of allylic oxidation sites excluding steroid dienone is 4. The maximum atomic E-state index is 2.72. The van der Waals surface area contributed by atoms with Gasteiger partial charge in [0.05, 0.1) is 11.7 Å². The van der Waals surface area contributed by atoms with Crippen molar-refractivity contribution >= 4 is 22.7 Å². The van der Waals surface area contributed by atoms with Crippen molar-refractivity contribution in [3.05, 3.63) is 153 Å². The van der Waals surface area contributed by atoms with Crippen molar-refractivity contribution in [1.82, 2.24) is 0 Å². The highest BCUT2D eigenvalue weighted by molar-refractivity contribution is 5.77. The Morgan fingerprint density at radius 3 is 1.84 bits per heavy atom. The van der Waals surface area contributed by atoms with Crippen molar-refractivity contribution in [2.45, 2.75) is 178 Å². The van der Waals surface area contributed by atoms with E-state index in [0.29, 0.717) is 35.6 Å². The van der Waals surface area contributed by atoms with E-state index in [2.05, 4.69) is 176 Å². The molecule has 6 atom stereocenters. The Bertz CT molecular complexity index is 2140. The quantitative estimate of drug-likeness (QED) is 0.131. The molecule has 4 aromatic rings. The lowest BCUT2D eigenvalue weighted by Gasteiger charge is -2.44. The van der Waals surface area contributed by atoms with Gasteiger partial charge in [-0.25, -0.2) is 0 Å². The topological polar surface area (TPSA) is 6.48 Å². The first kappa shape index (κ1) is 47.2. The molecule has 0 radical (unpaired) electrons. The van der Waals surface area contributed by atoms with Crippen LogP contribution in [-0.2, 0) is 19.3 Å². The Morgan fingerprint density at radius 1 is 0.661 bits per heavy atom. The van der Waals surface area contributed by atoms with Crippen LogP contribution < -0.4 is 9.80 Å². The smallest absolute Gasteiger partial charge is 0.0574 e. The zero-order valence-electron chi connectivity index (χ0n) is 41.1. The third kappa shape index (κ3) is 9.91. The van der Waals surface area contributed by atoms with Gasteiger partial charge < -0.3 is 9.80 Å². The minimum absolute atomic E-state index is 0.363. The number of unbranched alkanes of at least 4 members (excludes halogenated alkanes) is 1. The molecule has 332 valence electrons. The van der Waals surface area contributed by atoms with E-state index in [0.717, 1.165) is 25.7 Å². The van der Waals surface area contributed by atoms with Crippen molar-refractivity contribution in [2.75, 3.05) is 9.80 Å². The molecule has 0 aliphatic heterocycles. The fourth-order valence-corrected chi connectivity index (χ4v) is 11.5. The van der Waals surface area contributed by atoms with Gasteiger partial charge in [-0.2, -0.15) is 0 Å². The highest BCUT2D eigenvalue weighted by Gasteiger charge is 2.43. The van der Waals surface area contributed by atoms with Crippen LogP contribution in [0.1, 0.15) is 178 Å².